The highest BCUT2D eigenvalue weighted by molar-refractivity contribution is 5.99. The molecule has 0 radical (unpaired) electrons. The molecule has 3 aliphatic rings. The summed E-state index contributed by atoms with van der Waals surface area (Å²) < 4.78 is 4.01. The molecular formula is C36H39N5O3. The Morgan fingerprint density at radius 1 is 0.932 bits per heavy atom. The first kappa shape index (κ1) is 28.3. The van der Waals surface area contributed by atoms with Gasteiger partial charge >= 0.3 is 5.97 Å². The molecule has 8 nitrogen and oxygen atoms in total. The van der Waals surface area contributed by atoms with Gasteiger partial charge in [0, 0.05) is 43.5 Å². The number of amides is 1. The molecule has 0 fully saturated rings. The van der Waals surface area contributed by atoms with Gasteiger partial charge < -0.3 is 14.6 Å². The Balaban J connectivity index is 1.33. The molecule has 226 valence electrons. The topological polar surface area (TPSA) is 93.3 Å². The van der Waals surface area contributed by atoms with Crippen LogP contribution in [0.5, 0.6) is 0 Å². The van der Waals surface area contributed by atoms with E-state index in [4.69, 9.17) is 0 Å². The summed E-state index contributed by atoms with van der Waals surface area (Å²) in [5.41, 5.74) is 10.0. The number of aryl methyl sites for hydroxylation is 4. The normalized spacial score (nSPS) is 18.3. The van der Waals surface area contributed by atoms with Gasteiger partial charge in [0.25, 0.3) is 5.91 Å². The van der Waals surface area contributed by atoms with Crippen molar-refractivity contribution >= 4 is 33.8 Å². The van der Waals surface area contributed by atoms with Gasteiger partial charge in [-0.2, -0.15) is 0 Å². The number of rotatable bonds is 2. The average molecular weight is 590 g/mol. The third-order valence-corrected chi connectivity index (χ3v) is 10.0. The van der Waals surface area contributed by atoms with E-state index in [9.17, 15) is 14.7 Å². The minimum Gasteiger partial charge on any atom is -0.481 e. The van der Waals surface area contributed by atoms with Crippen LogP contribution in [0.2, 0.25) is 0 Å². The maximum Gasteiger partial charge on any atom is 0.307 e. The molecule has 8 rings (SSSR count). The molecule has 0 spiro atoms. The number of hydrogen-bond donors (Lipinski definition) is 1. The third-order valence-electron chi connectivity index (χ3n) is 10.0. The van der Waals surface area contributed by atoms with Crippen molar-refractivity contribution in [1.82, 2.24) is 24.5 Å². The molecule has 0 unspecified atom stereocenters. The highest BCUT2D eigenvalue weighted by Crippen LogP contribution is 2.38. The standard InChI is InChI=1S/C36H39N5O3/c1-22-29-12-14-31-34(22)37-38-41(31)16-7-5-4-6-8-24-9-13-30-27(18-24)20-32(39(30)3)35(42)40-17-15-25-10-11-26(19-28(25)21-40)33(29)23(2)36(43)44/h9-14,18-20,23,33H,4-8,15-17,21H2,1-3H3,(H,43,44)/t23-,33+/m0/s1. The Kier molecular flexibility index (Phi) is 7.23. The highest BCUT2D eigenvalue weighted by Gasteiger charge is 2.31. The Bertz CT molecular complexity index is 1920. The van der Waals surface area contributed by atoms with E-state index in [1.807, 2.05) is 34.2 Å². The fraction of sp³-hybridized carbons (Fsp3) is 0.389. The van der Waals surface area contributed by atoms with Gasteiger partial charge in [0.2, 0.25) is 0 Å². The lowest BCUT2D eigenvalue weighted by Crippen LogP contribution is -2.37. The molecule has 0 aliphatic carbocycles. The Labute approximate surface area is 257 Å². The molecule has 44 heavy (non-hydrogen) atoms. The number of benzene rings is 3. The number of aliphatic carboxylic acids is 1. The summed E-state index contributed by atoms with van der Waals surface area (Å²) in [4.78, 5) is 28.3. The second-order valence-corrected chi connectivity index (χ2v) is 12.7. The summed E-state index contributed by atoms with van der Waals surface area (Å²) in [5, 5.41) is 20.4. The van der Waals surface area contributed by atoms with Crippen LogP contribution in [0, 0.1) is 12.8 Å². The molecule has 10 bridgehead atoms. The molecule has 5 aromatic rings. The van der Waals surface area contributed by atoms with Gasteiger partial charge in [0.1, 0.15) is 11.2 Å². The Morgan fingerprint density at radius 2 is 1.75 bits per heavy atom. The predicted molar refractivity (Wildman–Crippen MR) is 171 cm³/mol. The quantitative estimate of drug-likeness (QED) is 0.257. The zero-order valence-electron chi connectivity index (χ0n) is 25.7. The zero-order valence-corrected chi connectivity index (χ0v) is 25.7. The van der Waals surface area contributed by atoms with E-state index >= 15 is 0 Å². The first-order valence-electron chi connectivity index (χ1n) is 15.8. The van der Waals surface area contributed by atoms with Crippen LogP contribution in [-0.4, -0.2) is 48.0 Å². The van der Waals surface area contributed by atoms with E-state index in [2.05, 4.69) is 58.8 Å². The van der Waals surface area contributed by atoms with E-state index < -0.39 is 11.9 Å². The van der Waals surface area contributed by atoms with Crippen LogP contribution in [0.3, 0.4) is 0 Å². The molecule has 3 aromatic carbocycles. The van der Waals surface area contributed by atoms with E-state index in [1.165, 1.54) is 11.1 Å². The average Bonchev–Trinajstić information content (AvgIpc) is 3.59. The molecule has 0 saturated heterocycles. The van der Waals surface area contributed by atoms with Crippen LogP contribution in [0.15, 0.2) is 54.6 Å². The van der Waals surface area contributed by atoms with Gasteiger partial charge in [0.15, 0.2) is 0 Å². The van der Waals surface area contributed by atoms with Crippen molar-refractivity contribution in [3.63, 3.8) is 0 Å². The molecule has 1 amide bonds. The van der Waals surface area contributed by atoms with Crippen molar-refractivity contribution in [2.45, 2.75) is 71.4 Å². The highest BCUT2D eigenvalue weighted by atomic mass is 16.4. The Hall–Kier alpha value is -4.46. The lowest BCUT2D eigenvalue weighted by Gasteiger charge is -2.31. The van der Waals surface area contributed by atoms with Crippen LogP contribution in [0.4, 0.5) is 0 Å². The minimum atomic E-state index is -0.844. The molecule has 5 heterocycles. The van der Waals surface area contributed by atoms with Crippen LogP contribution in [0.1, 0.15) is 82.4 Å². The van der Waals surface area contributed by atoms with Crippen molar-refractivity contribution in [3.8, 4) is 0 Å². The molecule has 8 heteroatoms. The van der Waals surface area contributed by atoms with Gasteiger partial charge in [-0.25, -0.2) is 4.68 Å². The largest absolute Gasteiger partial charge is 0.481 e. The second kappa shape index (κ2) is 11.2. The lowest BCUT2D eigenvalue weighted by atomic mass is 9.78. The van der Waals surface area contributed by atoms with E-state index in [-0.39, 0.29) is 11.8 Å². The predicted octanol–water partition coefficient (Wildman–Crippen LogP) is 6.40. The SMILES string of the molecule is Cc1c2ccc3c1nnn3CCCCCCc1ccc3c(c1)cc(n3C)C(=O)N1CCc3ccc(cc3C1)[C@H]2[C@H](C)C(=O)O. The van der Waals surface area contributed by atoms with Crippen molar-refractivity contribution in [1.29, 1.82) is 0 Å². The molecule has 2 aromatic heterocycles. The summed E-state index contributed by atoms with van der Waals surface area (Å²) in [7, 11) is 1.98. The van der Waals surface area contributed by atoms with E-state index in [1.54, 1.807) is 6.92 Å². The molecule has 1 N–H and O–H groups in total. The van der Waals surface area contributed by atoms with Gasteiger partial charge in [0.05, 0.1) is 11.4 Å². The van der Waals surface area contributed by atoms with Crippen LogP contribution >= 0.6 is 0 Å². The lowest BCUT2D eigenvalue weighted by molar-refractivity contribution is -0.141. The number of fused-ring (bicyclic) bond motifs is 6. The fourth-order valence-corrected chi connectivity index (χ4v) is 7.37. The summed E-state index contributed by atoms with van der Waals surface area (Å²) in [5.74, 6) is -1.84. The third kappa shape index (κ3) is 4.86. The van der Waals surface area contributed by atoms with Crippen molar-refractivity contribution in [2.75, 3.05) is 6.54 Å². The minimum absolute atomic E-state index is 0.0273. The van der Waals surface area contributed by atoms with E-state index in [0.29, 0.717) is 18.8 Å². The summed E-state index contributed by atoms with van der Waals surface area (Å²) in [6, 6.07) is 19.1. The number of carbonyl (C=O) groups excluding carboxylic acids is 1. The first-order valence-corrected chi connectivity index (χ1v) is 15.8. The summed E-state index contributed by atoms with van der Waals surface area (Å²) >= 11 is 0. The smallest absolute Gasteiger partial charge is 0.307 e. The summed E-state index contributed by atoms with van der Waals surface area (Å²) in [6.45, 7) is 5.76. The number of carboxylic acid groups (broad SMARTS) is 1. The van der Waals surface area contributed by atoms with Gasteiger partial charge in [-0.05, 0) is 90.3 Å². The fourth-order valence-electron chi connectivity index (χ4n) is 7.37. The van der Waals surface area contributed by atoms with Gasteiger partial charge in [-0.15, -0.1) is 5.10 Å². The van der Waals surface area contributed by atoms with Gasteiger partial charge in [-0.1, -0.05) is 55.3 Å². The first-order chi connectivity index (χ1) is 21.3. The van der Waals surface area contributed by atoms with E-state index in [0.717, 1.165) is 89.3 Å². The van der Waals surface area contributed by atoms with Crippen LogP contribution in [-0.2, 0) is 37.8 Å². The Morgan fingerprint density at radius 3 is 2.59 bits per heavy atom. The number of carboxylic acids is 1. The number of aromatic nitrogens is 4. The van der Waals surface area contributed by atoms with Crippen molar-refractivity contribution in [2.24, 2.45) is 13.0 Å². The number of hydrogen-bond acceptors (Lipinski definition) is 4. The maximum atomic E-state index is 13.9. The second-order valence-electron chi connectivity index (χ2n) is 12.7. The molecule has 3 aliphatic heterocycles. The maximum absolute atomic E-state index is 13.9. The molecule has 0 saturated carbocycles. The van der Waals surface area contributed by atoms with Crippen molar-refractivity contribution in [3.05, 3.63) is 93.7 Å². The number of nitrogens with zero attached hydrogens (tertiary/aromatic N) is 5. The van der Waals surface area contributed by atoms with Crippen LogP contribution in [0.25, 0.3) is 21.9 Å². The number of carbonyl (C=O) groups is 2. The monoisotopic (exact) mass is 589 g/mol. The molecular weight excluding hydrogens is 550 g/mol. The van der Waals surface area contributed by atoms with Gasteiger partial charge in [-0.3, -0.25) is 9.59 Å². The van der Waals surface area contributed by atoms with Crippen molar-refractivity contribution < 1.29 is 14.7 Å². The van der Waals surface area contributed by atoms with Crippen LogP contribution < -0.4 is 0 Å². The molecule has 2 atom stereocenters. The summed E-state index contributed by atoms with van der Waals surface area (Å²) in [6.07, 6.45) is 6.16. The zero-order chi connectivity index (χ0) is 30.5.